The maximum atomic E-state index is 13.3. The Morgan fingerprint density at radius 3 is 2.67 bits per heavy atom. The molecule has 21 heavy (non-hydrogen) atoms. The second-order valence-electron chi connectivity index (χ2n) is 5.60. The third kappa shape index (κ3) is 3.30. The van der Waals surface area contributed by atoms with Crippen molar-refractivity contribution >= 4 is 5.69 Å². The first kappa shape index (κ1) is 14.6. The monoisotopic (exact) mass is 295 g/mol. The number of hydrogen-bond acceptors (Lipinski definition) is 4. The zero-order chi connectivity index (χ0) is 14.7. The number of nitrogens with one attached hydrogen (secondary N) is 1. The van der Waals surface area contributed by atoms with E-state index in [1.165, 1.54) is 12.1 Å². The van der Waals surface area contributed by atoms with Gasteiger partial charge in [0.1, 0.15) is 11.6 Å². The van der Waals surface area contributed by atoms with Crippen LogP contribution in [0, 0.1) is 5.82 Å². The van der Waals surface area contributed by atoms with Gasteiger partial charge >= 0.3 is 0 Å². The van der Waals surface area contributed by atoms with Crippen LogP contribution in [-0.2, 0) is 9.47 Å². The largest absolute Gasteiger partial charge is 0.492 e. The summed E-state index contributed by atoms with van der Waals surface area (Å²) >= 11 is 0. The van der Waals surface area contributed by atoms with Crippen molar-refractivity contribution in [2.45, 2.75) is 44.4 Å². The fourth-order valence-electron chi connectivity index (χ4n) is 3.10. The van der Waals surface area contributed by atoms with Crippen molar-refractivity contribution < 1.29 is 18.6 Å². The number of rotatable bonds is 4. The van der Waals surface area contributed by atoms with Gasteiger partial charge in [-0.2, -0.15) is 0 Å². The summed E-state index contributed by atoms with van der Waals surface area (Å²) in [6, 6.07) is 4.97. The minimum absolute atomic E-state index is 0.278. The van der Waals surface area contributed by atoms with Crippen LogP contribution in [0.5, 0.6) is 5.75 Å². The number of halogens is 1. The van der Waals surface area contributed by atoms with E-state index >= 15 is 0 Å². The Labute approximate surface area is 124 Å². The average Bonchev–Trinajstić information content (AvgIpc) is 2.93. The van der Waals surface area contributed by atoms with Gasteiger partial charge < -0.3 is 19.5 Å². The van der Waals surface area contributed by atoms with Crippen LogP contribution in [0.25, 0.3) is 0 Å². The molecule has 1 N–H and O–H groups in total. The molecule has 1 saturated heterocycles. The zero-order valence-electron chi connectivity index (χ0n) is 12.4. The lowest BCUT2D eigenvalue weighted by Crippen LogP contribution is -2.39. The van der Waals surface area contributed by atoms with E-state index in [0.29, 0.717) is 31.6 Å². The fraction of sp³-hybridized carbons (Fsp3) is 0.625. The van der Waals surface area contributed by atoms with Crippen molar-refractivity contribution in [3.05, 3.63) is 24.0 Å². The molecule has 1 aromatic carbocycles. The van der Waals surface area contributed by atoms with Gasteiger partial charge in [-0.05, 0) is 31.9 Å². The van der Waals surface area contributed by atoms with E-state index in [9.17, 15) is 4.39 Å². The van der Waals surface area contributed by atoms with Crippen LogP contribution in [0.1, 0.15) is 32.6 Å². The standard InChI is InChI=1S/C16H22FNO3/c1-2-19-15-11-12(17)3-4-14(15)18-13-5-7-16(8-6-13)20-9-10-21-16/h3-4,11,13,18H,2,5-10H2,1H3. The molecule has 1 heterocycles. The molecule has 2 aliphatic rings. The molecule has 4 nitrogen and oxygen atoms in total. The Morgan fingerprint density at radius 1 is 1.29 bits per heavy atom. The number of hydrogen-bond donors (Lipinski definition) is 1. The third-order valence-corrected chi connectivity index (χ3v) is 4.16. The highest BCUT2D eigenvalue weighted by Gasteiger charge is 2.40. The van der Waals surface area contributed by atoms with Crippen LogP contribution in [-0.4, -0.2) is 31.6 Å². The van der Waals surface area contributed by atoms with Crippen molar-refractivity contribution in [1.29, 1.82) is 0 Å². The molecule has 1 aliphatic carbocycles. The van der Waals surface area contributed by atoms with E-state index in [-0.39, 0.29) is 11.6 Å². The van der Waals surface area contributed by atoms with Gasteiger partial charge in [-0.15, -0.1) is 0 Å². The summed E-state index contributed by atoms with van der Waals surface area (Å²) in [6.07, 6.45) is 3.75. The Kier molecular flexibility index (Phi) is 4.31. The predicted molar refractivity (Wildman–Crippen MR) is 78.1 cm³/mol. The van der Waals surface area contributed by atoms with Crippen molar-refractivity contribution in [1.82, 2.24) is 0 Å². The summed E-state index contributed by atoms with van der Waals surface area (Å²) in [7, 11) is 0. The minimum Gasteiger partial charge on any atom is -0.492 e. The van der Waals surface area contributed by atoms with Gasteiger partial charge in [0, 0.05) is 24.9 Å². The molecule has 0 aromatic heterocycles. The summed E-state index contributed by atoms with van der Waals surface area (Å²) in [5.41, 5.74) is 0.854. The van der Waals surface area contributed by atoms with Gasteiger partial charge in [0.05, 0.1) is 25.5 Å². The Morgan fingerprint density at radius 2 is 2.00 bits per heavy atom. The first-order valence-electron chi connectivity index (χ1n) is 7.67. The van der Waals surface area contributed by atoms with Gasteiger partial charge in [0.15, 0.2) is 5.79 Å². The Hall–Kier alpha value is -1.33. The molecule has 116 valence electrons. The topological polar surface area (TPSA) is 39.7 Å². The van der Waals surface area contributed by atoms with Crippen LogP contribution in [0.2, 0.25) is 0 Å². The van der Waals surface area contributed by atoms with Gasteiger partial charge in [-0.1, -0.05) is 0 Å². The highest BCUT2D eigenvalue weighted by molar-refractivity contribution is 5.57. The molecule has 1 aliphatic heterocycles. The summed E-state index contributed by atoms with van der Waals surface area (Å²) in [4.78, 5) is 0. The summed E-state index contributed by atoms with van der Waals surface area (Å²) in [6.45, 7) is 3.82. The molecule has 3 rings (SSSR count). The van der Waals surface area contributed by atoms with Gasteiger partial charge in [-0.3, -0.25) is 0 Å². The molecule has 0 atom stereocenters. The number of ether oxygens (including phenoxy) is 3. The van der Waals surface area contributed by atoms with Crippen LogP contribution >= 0.6 is 0 Å². The molecule has 1 spiro atoms. The average molecular weight is 295 g/mol. The van der Waals surface area contributed by atoms with Crippen LogP contribution in [0.3, 0.4) is 0 Å². The van der Waals surface area contributed by atoms with Crippen molar-refractivity contribution in [2.75, 3.05) is 25.1 Å². The molecular weight excluding hydrogens is 273 g/mol. The summed E-state index contributed by atoms with van der Waals surface area (Å²) in [5.74, 6) is -0.0468. The molecule has 1 aromatic rings. The third-order valence-electron chi connectivity index (χ3n) is 4.16. The summed E-state index contributed by atoms with van der Waals surface area (Å²) in [5, 5.41) is 3.47. The highest BCUT2D eigenvalue weighted by Crippen LogP contribution is 2.37. The molecule has 0 radical (unpaired) electrons. The van der Waals surface area contributed by atoms with Crippen molar-refractivity contribution in [3.8, 4) is 5.75 Å². The zero-order valence-corrected chi connectivity index (χ0v) is 12.4. The number of anilines is 1. The van der Waals surface area contributed by atoms with E-state index < -0.39 is 0 Å². The van der Waals surface area contributed by atoms with Crippen LogP contribution in [0.4, 0.5) is 10.1 Å². The molecule has 2 fully saturated rings. The number of benzene rings is 1. The lowest BCUT2D eigenvalue weighted by molar-refractivity contribution is -0.177. The lowest BCUT2D eigenvalue weighted by Gasteiger charge is -2.36. The quantitative estimate of drug-likeness (QED) is 0.925. The molecule has 0 amide bonds. The van der Waals surface area contributed by atoms with E-state index in [2.05, 4.69) is 5.32 Å². The van der Waals surface area contributed by atoms with Gasteiger partial charge in [0.2, 0.25) is 0 Å². The first-order chi connectivity index (χ1) is 10.2. The highest BCUT2D eigenvalue weighted by atomic mass is 19.1. The van der Waals surface area contributed by atoms with E-state index in [4.69, 9.17) is 14.2 Å². The van der Waals surface area contributed by atoms with Crippen molar-refractivity contribution in [2.24, 2.45) is 0 Å². The minimum atomic E-state index is -0.344. The predicted octanol–water partition coefficient (Wildman–Crippen LogP) is 3.32. The van der Waals surface area contributed by atoms with E-state index in [1.54, 1.807) is 6.07 Å². The maximum absolute atomic E-state index is 13.3. The molecule has 5 heteroatoms. The maximum Gasteiger partial charge on any atom is 0.168 e. The lowest BCUT2D eigenvalue weighted by atomic mass is 9.90. The SMILES string of the molecule is CCOc1cc(F)ccc1NC1CCC2(CC1)OCCO2. The van der Waals surface area contributed by atoms with E-state index in [0.717, 1.165) is 31.4 Å². The molecule has 0 bridgehead atoms. The van der Waals surface area contributed by atoms with Crippen LogP contribution < -0.4 is 10.1 Å². The summed E-state index contributed by atoms with van der Waals surface area (Å²) < 4.78 is 30.3. The second-order valence-corrected chi connectivity index (χ2v) is 5.60. The Balaban J connectivity index is 1.62. The Bertz CT molecular complexity index is 478. The smallest absolute Gasteiger partial charge is 0.168 e. The van der Waals surface area contributed by atoms with E-state index in [1.807, 2.05) is 6.92 Å². The first-order valence-corrected chi connectivity index (χ1v) is 7.67. The van der Waals surface area contributed by atoms with Gasteiger partial charge in [0.25, 0.3) is 0 Å². The molecular formula is C16H22FNO3. The van der Waals surface area contributed by atoms with Crippen molar-refractivity contribution in [3.63, 3.8) is 0 Å². The molecule has 0 unspecified atom stereocenters. The normalized spacial score (nSPS) is 21.6. The van der Waals surface area contributed by atoms with Gasteiger partial charge in [-0.25, -0.2) is 4.39 Å². The fourth-order valence-corrected chi connectivity index (χ4v) is 3.10. The van der Waals surface area contributed by atoms with Crippen LogP contribution in [0.15, 0.2) is 18.2 Å². The second kappa shape index (κ2) is 6.20. The molecule has 1 saturated carbocycles.